The minimum Gasteiger partial charge on any atom is -0.390 e. The topological polar surface area (TPSA) is 138 Å². The minimum atomic E-state index is -0.955. The summed E-state index contributed by atoms with van der Waals surface area (Å²) in [6.45, 7) is 0. The predicted molar refractivity (Wildman–Crippen MR) is 39.8 cm³/mol. The minimum absolute atomic E-state index is 0.312. The van der Waals surface area contributed by atoms with Crippen molar-refractivity contribution in [3.63, 3.8) is 0 Å². The molecule has 0 atom stereocenters. The molecule has 0 fully saturated rings. The van der Waals surface area contributed by atoms with Crippen molar-refractivity contribution in [1.29, 1.82) is 0 Å². The van der Waals surface area contributed by atoms with E-state index in [1.807, 2.05) is 0 Å². The van der Waals surface area contributed by atoms with Crippen LogP contribution in [-0.2, 0) is 0 Å². The first-order valence-electron chi connectivity index (χ1n) is 2.94. The first-order valence-corrected chi connectivity index (χ1v) is 2.94. The van der Waals surface area contributed by atoms with Crippen molar-refractivity contribution in [3.05, 3.63) is 26.3 Å². The quantitative estimate of drug-likeness (QED) is 0.500. The third-order valence-electron chi connectivity index (χ3n) is 1.07. The summed E-state index contributed by atoms with van der Waals surface area (Å²) < 4.78 is 0. The Morgan fingerprint density at radius 3 is 2.31 bits per heavy atom. The van der Waals surface area contributed by atoms with Crippen LogP contribution in [0.1, 0.15) is 0 Å². The van der Waals surface area contributed by atoms with E-state index in [0.717, 1.165) is 6.07 Å². The second kappa shape index (κ2) is 2.97. The van der Waals surface area contributed by atoms with Crippen molar-refractivity contribution in [2.45, 2.75) is 0 Å². The van der Waals surface area contributed by atoms with Crippen LogP contribution in [0.15, 0.2) is 6.07 Å². The highest BCUT2D eigenvalue weighted by atomic mass is 16.6. The Morgan fingerprint density at radius 2 is 1.85 bits per heavy atom. The van der Waals surface area contributed by atoms with Crippen molar-refractivity contribution in [1.82, 2.24) is 9.97 Å². The van der Waals surface area contributed by atoms with Crippen molar-refractivity contribution >= 4 is 17.6 Å². The van der Waals surface area contributed by atoms with Gasteiger partial charge in [-0.15, -0.1) is 0 Å². The molecular formula is C4H3N5O4. The molecule has 1 aromatic heterocycles. The summed E-state index contributed by atoms with van der Waals surface area (Å²) in [7, 11) is 0. The van der Waals surface area contributed by atoms with Gasteiger partial charge in [-0.1, -0.05) is 0 Å². The Bertz CT molecular complexity index is 345. The van der Waals surface area contributed by atoms with Crippen LogP contribution < -0.4 is 5.73 Å². The average molecular weight is 185 g/mol. The number of hydrogen-bond acceptors (Lipinski definition) is 7. The van der Waals surface area contributed by atoms with Crippen LogP contribution in [0, 0.1) is 20.2 Å². The fourth-order valence-electron chi connectivity index (χ4n) is 0.615. The molecule has 0 aliphatic heterocycles. The van der Waals surface area contributed by atoms with Gasteiger partial charge in [-0.05, 0) is 19.8 Å². The van der Waals surface area contributed by atoms with Gasteiger partial charge in [0.15, 0.2) is 0 Å². The van der Waals surface area contributed by atoms with Gasteiger partial charge in [-0.25, -0.2) is 0 Å². The lowest BCUT2D eigenvalue weighted by Gasteiger charge is -1.94. The molecule has 13 heavy (non-hydrogen) atoms. The van der Waals surface area contributed by atoms with Gasteiger partial charge in [0, 0.05) is 0 Å². The summed E-state index contributed by atoms with van der Waals surface area (Å²) in [5, 5.41) is 20.3. The van der Waals surface area contributed by atoms with Crippen LogP contribution in [0.4, 0.5) is 17.6 Å². The average Bonchev–Trinajstić information content (AvgIpc) is 2.03. The molecule has 2 N–H and O–H groups in total. The van der Waals surface area contributed by atoms with Gasteiger partial charge >= 0.3 is 11.8 Å². The molecule has 0 saturated carbocycles. The largest absolute Gasteiger partial charge is 0.474 e. The summed E-state index contributed by atoms with van der Waals surface area (Å²) in [5.74, 6) is -1.89. The smallest absolute Gasteiger partial charge is 0.390 e. The Morgan fingerprint density at radius 1 is 1.23 bits per heavy atom. The van der Waals surface area contributed by atoms with Gasteiger partial charge in [0.25, 0.3) is 0 Å². The molecule has 1 aromatic rings. The maximum absolute atomic E-state index is 10.2. The van der Waals surface area contributed by atoms with Crippen molar-refractivity contribution in [3.8, 4) is 0 Å². The van der Waals surface area contributed by atoms with E-state index in [2.05, 4.69) is 9.97 Å². The molecule has 1 heterocycles. The summed E-state index contributed by atoms with van der Waals surface area (Å²) in [5.41, 5.74) is 5.08. The Hall–Kier alpha value is -2.32. The van der Waals surface area contributed by atoms with Crippen LogP contribution in [-0.4, -0.2) is 19.8 Å². The van der Waals surface area contributed by atoms with E-state index in [9.17, 15) is 20.2 Å². The van der Waals surface area contributed by atoms with Crippen molar-refractivity contribution < 1.29 is 9.85 Å². The fourth-order valence-corrected chi connectivity index (χ4v) is 0.615. The van der Waals surface area contributed by atoms with Crippen molar-refractivity contribution in [2.24, 2.45) is 0 Å². The first kappa shape index (κ1) is 8.77. The monoisotopic (exact) mass is 185 g/mol. The van der Waals surface area contributed by atoms with E-state index in [4.69, 9.17) is 5.73 Å². The van der Waals surface area contributed by atoms with E-state index in [0.29, 0.717) is 0 Å². The maximum Gasteiger partial charge on any atom is 0.474 e. The Kier molecular flexibility index (Phi) is 2.00. The number of nitrogen functional groups attached to an aromatic ring is 1. The van der Waals surface area contributed by atoms with E-state index in [1.165, 1.54) is 0 Å². The third-order valence-corrected chi connectivity index (χ3v) is 1.07. The van der Waals surface area contributed by atoms with Crippen LogP contribution in [0.5, 0.6) is 0 Å². The highest BCUT2D eigenvalue weighted by molar-refractivity contribution is 5.39. The second-order valence-electron chi connectivity index (χ2n) is 1.97. The molecule has 0 aliphatic carbocycles. The molecule has 1 rings (SSSR count). The Labute approximate surface area is 70.5 Å². The number of nitrogens with two attached hydrogens (primary N) is 1. The lowest BCUT2D eigenvalue weighted by Crippen LogP contribution is -2.02. The number of rotatable bonds is 2. The van der Waals surface area contributed by atoms with Crippen LogP contribution in [0.3, 0.4) is 0 Å². The van der Waals surface area contributed by atoms with Gasteiger partial charge in [0.05, 0.1) is 6.07 Å². The van der Waals surface area contributed by atoms with Gasteiger partial charge in [0.1, 0.15) is 0 Å². The molecule has 68 valence electrons. The summed E-state index contributed by atoms with van der Waals surface area (Å²) in [4.78, 5) is 24.7. The van der Waals surface area contributed by atoms with Crippen molar-refractivity contribution in [2.75, 3.05) is 5.73 Å². The molecule has 0 aromatic carbocycles. The number of hydrogen-bond donors (Lipinski definition) is 1. The molecule has 0 radical (unpaired) electrons. The molecule has 0 unspecified atom stereocenters. The SMILES string of the molecule is Nc1cc([N+](=O)[O-])nc([N+](=O)[O-])n1. The zero-order chi connectivity index (χ0) is 10.0. The van der Waals surface area contributed by atoms with E-state index in [1.54, 1.807) is 0 Å². The zero-order valence-corrected chi connectivity index (χ0v) is 6.08. The highest BCUT2D eigenvalue weighted by Crippen LogP contribution is 2.14. The first-order chi connectivity index (χ1) is 6.00. The molecule has 9 heteroatoms. The second-order valence-corrected chi connectivity index (χ2v) is 1.97. The molecule has 0 aliphatic rings. The molecule has 0 amide bonds. The lowest BCUT2D eigenvalue weighted by atomic mass is 10.5. The number of nitrogens with zero attached hydrogens (tertiary/aromatic N) is 4. The fraction of sp³-hybridized carbons (Fsp3) is 0. The maximum atomic E-state index is 10.2. The predicted octanol–water partition coefficient (Wildman–Crippen LogP) is -0.125. The van der Waals surface area contributed by atoms with Gasteiger partial charge in [0.2, 0.25) is 5.82 Å². The summed E-state index contributed by atoms with van der Waals surface area (Å²) in [6.07, 6.45) is 0. The molecule has 0 saturated heterocycles. The standard InChI is InChI=1S/C4H3N5O4/c5-2-1-3(8(10)11)7-4(6-2)9(12)13/h1H,(H2,5,6,7). The normalized spacial score (nSPS) is 9.54. The number of nitro groups is 2. The van der Waals surface area contributed by atoms with Crippen LogP contribution in [0.2, 0.25) is 0 Å². The Balaban J connectivity index is 3.26. The van der Waals surface area contributed by atoms with E-state index in [-0.39, 0.29) is 5.82 Å². The third kappa shape index (κ3) is 1.83. The van der Waals surface area contributed by atoms with E-state index >= 15 is 0 Å². The van der Waals surface area contributed by atoms with Gasteiger partial charge < -0.3 is 26.0 Å². The summed E-state index contributed by atoms with van der Waals surface area (Å²) >= 11 is 0. The molecule has 0 bridgehead atoms. The zero-order valence-electron chi connectivity index (χ0n) is 6.08. The lowest BCUT2D eigenvalue weighted by molar-refractivity contribution is -0.406. The number of aromatic nitrogens is 2. The van der Waals surface area contributed by atoms with Gasteiger partial charge in [-0.3, -0.25) is 0 Å². The van der Waals surface area contributed by atoms with E-state index < -0.39 is 21.6 Å². The van der Waals surface area contributed by atoms with Crippen LogP contribution >= 0.6 is 0 Å². The van der Waals surface area contributed by atoms with Gasteiger partial charge in [-0.2, -0.15) is 0 Å². The van der Waals surface area contributed by atoms with Crippen LogP contribution in [0.25, 0.3) is 0 Å². The highest BCUT2D eigenvalue weighted by Gasteiger charge is 2.17. The summed E-state index contributed by atoms with van der Waals surface area (Å²) in [6, 6.07) is 0.840. The number of anilines is 1. The molecule has 0 spiro atoms. The molecule has 9 nitrogen and oxygen atoms in total. The molecular weight excluding hydrogens is 182 g/mol.